The van der Waals surface area contributed by atoms with Crippen molar-refractivity contribution in [2.24, 2.45) is 0 Å². The zero-order chi connectivity index (χ0) is 17.1. The molecule has 0 saturated heterocycles. The molecular weight excluding hydrogens is 294 g/mol. The van der Waals surface area contributed by atoms with Gasteiger partial charge in [-0.15, -0.1) is 0 Å². The van der Waals surface area contributed by atoms with Crippen LogP contribution in [0.4, 0.5) is 0 Å². The van der Waals surface area contributed by atoms with E-state index >= 15 is 0 Å². The average Bonchev–Trinajstić information content (AvgIpc) is 2.55. The van der Waals surface area contributed by atoms with E-state index in [1.807, 2.05) is 0 Å². The molecule has 5 N–H and O–H groups in total. The predicted molar refractivity (Wildman–Crippen MR) is 92.3 cm³/mol. The van der Waals surface area contributed by atoms with Crippen molar-refractivity contribution >= 4 is 0 Å². The molecule has 0 spiro atoms. The summed E-state index contributed by atoms with van der Waals surface area (Å²) in [5, 5.41) is 41.9. The number of unbranched alkanes of at least 4 members (excludes halogenated alkanes) is 9. The fraction of sp³-hybridized carbons (Fsp3) is 1.00. The number of aliphatic hydroxyl groups excluding tert-OH is 4. The van der Waals surface area contributed by atoms with Crippen LogP contribution in [0.5, 0.6) is 0 Å². The van der Waals surface area contributed by atoms with E-state index in [0.29, 0.717) is 0 Å². The SMILES string of the molecule is CCCCCCCCCCCCN[C@H]1C[C@@H](O)[C@H](O)[C@@H](O)[C@H]1O. The van der Waals surface area contributed by atoms with Crippen molar-refractivity contribution in [2.45, 2.75) is 108 Å². The summed E-state index contributed by atoms with van der Waals surface area (Å²) in [6, 6.07) is -0.345. The molecule has 0 bridgehead atoms. The number of rotatable bonds is 12. The molecule has 0 radical (unpaired) electrons. The van der Waals surface area contributed by atoms with E-state index in [1.165, 1.54) is 57.8 Å². The molecule has 0 heterocycles. The van der Waals surface area contributed by atoms with Gasteiger partial charge in [-0.1, -0.05) is 64.7 Å². The lowest BCUT2D eigenvalue weighted by molar-refractivity contribution is -0.146. The Balaban J connectivity index is 1.96. The van der Waals surface area contributed by atoms with Crippen molar-refractivity contribution in [2.75, 3.05) is 6.54 Å². The quantitative estimate of drug-likeness (QED) is 0.351. The van der Waals surface area contributed by atoms with Gasteiger partial charge in [0, 0.05) is 6.04 Å². The Bertz CT molecular complexity index is 290. The van der Waals surface area contributed by atoms with Gasteiger partial charge >= 0.3 is 0 Å². The first-order valence-corrected chi connectivity index (χ1v) is 9.53. The first-order valence-electron chi connectivity index (χ1n) is 9.53. The lowest BCUT2D eigenvalue weighted by atomic mass is 9.85. The molecule has 23 heavy (non-hydrogen) atoms. The van der Waals surface area contributed by atoms with Gasteiger partial charge in [-0.25, -0.2) is 0 Å². The van der Waals surface area contributed by atoms with E-state index in [9.17, 15) is 20.4 Å². The van der Waals surface area contributed by atoms with E-state index in [-0.39, 0.29) is 12.5 Å². The lowest BCUT2D eigenvalue weighted by Gasteiger charge is -2.38. The maximum Gasteiger partial charge on any atom is 0.110 e. The van der Waals surface area contributed by atoms with E-state index in [1.54, 1.807) is 0 Å². The standard InChI is InChI=1S/C18H37NO4/c1-2-3-4-5-6-7-8-9-10-11-12-19-14-13-15(20)17(22)18(23)16(14)21/h14-23H,2-13H2,1H3/t14-,15+,16-,17-,18-/m0/s1. The summed E-state index contributed by atoms with van der Waals surface area (Å²) in [5.74, 6) is 0. The first kappa shape index (κ1) is 20.8. The van der Waals surface area contributed by atoms with E-state index in [4.69, 9.17) is 0 Å². The van der Waals surface area contributed by atoms with Crippen molar-refractivity contribution in [3.63, 3.8) is 0 Å². The first-order chi connectivity index (χ1) is 11.1. The van der Waals surface area contributed by atoms with Gasteiger partial charge in [0.1, 0.15) is 12.2 Å². The highest BCUT2D eigenvalue weighted by Gasteiger charge is 2.41. The molecule has 1 rings (SSSR count). The second-order valence-corrected chi connectivity index (χ2v) is 7.02. The summed E-state index contributed by atoms with van der Waals surface area (Å²) >= 11 is 0. The normalized spacial score (nSPS) is 31.4. The molecule has 138 valence electrons. The van der Waals surface area contributed by atoms with Gasteiger partial charge in [0.2, 0.25) is 0 Å². The molecule has 0 unspecified atom stereocenters. The molecule has 0 aromatic carbocycles. The summed E-state index contributed by atoms with van der Waals surface area (Å²) in [7, 11) is 0. The van der Waals surface area contributed by atoms with Crippen LogP contribution >= 0.6 is 0 Å². The van der Waals surface area contributed by atoms with Crippen LogP contribution in [0.15, 0.2) is 0 Å². The molecule has 0 aliphatic heterocycles. The molecule has 0 aromatic heterocycles. The largest absolute Gasteiger partial charge is 0.390 e. The van der Waals surface area contributed by atoms with Gasteiger partial charge in [-0.05, 0) is 19.4 Å². The molecule has 1 saturated carbocycles. The summed E-state index contributed by atoms with van der Waals surface area (Å²) in [6.45, 7) is 3.01. The molecule has 1 fully saturated rings. The van der Waals surface area contributed by atoms with Gasteiger partial charge in [-0.3, -0.25) is 0 Å². The number of nitrogens with one attached hydrogen (secondary N) is 1. The van der Waals surface area contributed by atoms with Crippen molar-refractivity contribution in [1.29, 1.82) is 0 Å². The van der Waals surface area contributed by atoms with Crippen LogP contribution < -0.4 is 5.32 Å². The van der Waals surface area contributed by atoms with Crippen molar-refractivity contribution in [3.05, 3.63) is 0 Å². The molecular formula is C18H37NO4. The predicted octanol–water partition coefficient (Wildman–Crippen LogP) is 1.71. The maximum absolute atomic E-state index is 9.90. The highest BCUT2D eigenvalue weighted by atomic mass is 16.4. The minimum atomic E-state index is -1.27. The van der Waals surface area contributed by atoms with Crippen LogP contribution in [0.1, 0.15) is 77.6 Å². The van der Waals surface area contributed by atoms with E-state index in [0.717, 1.165) is 13.0 Å². The van der Waals surface area contributed by atoms with Gasteiger partial charge < -0.3 is 25.7 Å². The summed E-state index contributed by atoms with van der Waals surface area (Å²) in [6.07, 6.45) is 8.58. The summed E-state index contributed by atoms with van der Waals surface area (Å²) < 4.78 is 0. The fourth-order valence-electron chi connectivity index (χ4n) is 3.31. The molecule has 0 aromatic rings. The molecule has 5 heteroatoms. The van der Waals surface area contributed by atoms with Crippen molar-refractivity contribution < 1.29 is 20.4 Å². The molecule has 0 amide bonds. The molecule has 5 nitrogen and oxygen atoms in total. The monoisotopic (exact) mass is 331 g/mol. The van der Waals surface area contributed by atoms with Gasteiger partial charge in [0.15, 0.2) is 0 Å². The van der Waals surface area contributed by atoms with Crippen LogP contribution in [-0.2, 0) is 0 Å². The van der Waals surface area contributed by atoms with Crippen LogP contribution in [0.2, 0.25) is 0 Å². The third kappa shape index (κ3) is 7.94. The minimum absolute atomic E-state index is 0.275. The summed E-state index contributed by atoms with van der Waals surface area (Å²) in [4.78, 5) is 0. The van der Waals surface area contributed by atoms with Crippen molar-refractivity contribution in [1.82, 2.24) is 5.32 Å². The number of hydrogen-bond acceptors (Lipinski definition) is 5. The third-order valence-corrected chi connectivity index (χ3v) is 4.94. The van der Waals surface area contributed by atoms with Crippen LogP contribution in [0, 0.1) is 0 Å². The zero-order valence-electron chi connectivity index (χ0n) is 14.7. The highest BCUT2D eigenvalue weighted by Crippen LogP contribution is 2.20. The van der Waals surface area contributed by atoms with Gasteiger partial charge in [0.05, 0.1) is 12.2 Å². The van der Waals surface area contributed by atoms with Crippen molar-refractivity contribution in [3.8, 4) is 0 Å². The average molecular weight is 331 g/mol. The number of hydrogen-bond donors (Lipinski definition) is 5. The molecule has 5 atom stereocenters. The number of aliphatic hydroxyl groups is 4. The Morgan fingerprint density at radius 3 is 1.78 bits per heavy atom. The van der Waals surface area contributed by atoms with Gasteiger partial charge in [0.25, 0.3) is 0 Å². The lowest BCUT2D eigenvalue weighted by Crippen LogP contribution is -2.60. The highest BCUT2D eigenvalue weighted by molar-refractivity contribution is 4.95. The maximum atomic E-state index is 9.90. The fourth-order valence-corrected chi connectivity index (χ4v) is 3.31. The van der Waals surface area contributed by atoms with Gasteiger partial charge in [-0.2, -0.15) is 0 Å². The van der Waals surface area contributed by atoms with Crippen LogP contribution in [0.25, 0.3) is 0 Å². The van der Waals surface area contributed by atoms with Crippen LogP contribution in [-0.4, -0.2) is 57.4 Å². The Hall–Kier alpha value is -0.200. The Labute approximate surface area is 141 Å². The minimum Gasteiger partial charge on any atom is -0.390 e. The second-order valence-electron chi connectivity index (χ2n) is 7.02. The zero-order valence-corrected chi connectivity index (χ0v) is 14.7. The molecule has 1 aliphatic carbocycles. The third-order valence-electron chi connectivity index (χ3n) is 4.94. The topological polar surface area (TPSA) is 93.0 Å². The second kappa shape index (κ2) is 12.2. The van der Waals surface area contributed by atoms with E-state index in [2.05, 4.69) is 12.2 Å². The Morgan fingerprint density at radius 2 is 1.22 bits per heavy atom. The summed E-state index contributed by atoms with van der Waals surface area (Å²) in [5.41, 5.74) is 0. The smallest absolute Gasteiger partial charge is 0.110 e. The Kier molecular flexibility index (Phi) is 11.1. The molecule has 1 aliphatic rings. The van der Waals surface area contributed by atoms with E-state index < -0.39 is 24.4 Å². The Morgan fingerprint density at radius 1 is 0.696 bits per heavy atom. The van der Waals surface area contributed by atoms with Crippen LogP contribution in [0.3, 0.4) is 0 Å².